The van der Waals surface area contributed by atoms with Crippen LogP contribution in [0.5, 0.6) is 0 Å². The summed E-state index contributed by atoms with van der Waals surface area (Å²) in [5.41, 5.74) is 6.48. The molecule has 1 aliphatic rings. The first-order valence-corrected chi connectivity index (χ1v) is 8.78. The van der Waals surface area contributed by atoms with E-state index < -0.39 is 0 Å². The average Bonchev–Trinajstić information content (AvgIpc) is 2.25. The predicted molar refractivity (Wildman–Crippen MR) is 88.8 cm³/mol. The van der Waals surface area contributed by atoms with Gasteiger partial charge in [-0.2, -0.15) is 11.8 Å². The minimum atomic E-state index is 0.209. The van der Waals surface area contributed by atoms with Gasteiger partial charge in [0.2, 0.25) is 0 Å². The van der Waals surface area contributed by atoms with E-state index in [9.17, 15) is 0 Å². The molecule has 2 N–H and O–H groups in total. The van der Waals surface area contributed by atoms with Crippen LogP contribution in [0.2, 0.25) is 0 Å². The normalized spacial score (nSPS) is 21.3. The molecule has 0 aromatic carbocycles. The Hall–Kier alpha value is 0.270. The molecule has 0 bridgehead atoms. The number of thioether (sulfide) groups is 1. The van der Waals surface area contributed by atoms with Crippen molar-refractivity contribution in [2.45, 2.75) is 64.7 Å². The Kier molecular flexibility index (Phi) is 6.22. The van der Waals surface area contributed by atoms with Gasteiger partial charge in [-0.05, 0) is 38.5 Å². The van der Waals surface area contributed by atoms with E-state index in [-0.39, 0.29) is 5.54 Å². The molecule has 1 rings (SSSR count). The van der Waals surface area contributed by atoms with Crippen molar-refractivity contribution in [1.82, 2.24) is 4.90 Å². The van der Waals surface area contributed by atoms with Gasteiger partial charge in [0.1, 0.15) is 0 Å². The van der Waals surface area contributed by atoms with Gasteiger partial charge in [0.15, 0.2) is 0 Å². The fraction of sp³-hybridized carbons (Fsp3) is 1.00. The maximum atomic E-state index is 6.28. The van der Waals surface area contributed by atoms with Crippen molar-refractivity contribution >= 4 is 11.8 Å². The van der Waals surface area contributed by atoms with E-state index in [1.54, 1.807) is 0 Å². The van der Waals surface area contributed by atoms with Crippen LogP contribution in [0.4, 0.5) is 0 Å². The van der Waals surface area contributed by atoms with Gasteiger partial charge in [-0.1, -0.05) is 27.7 Å². The third-order valence-electron chi connectivity index (χ3n) is 4.05. The van der Waals surface area contributed by atoms with Crippen molar-refractivity contribution in [1.29, 1.82) is 0 Å². The van der Waals surface area contributed by atoms with Gasteiger partial charge in [0.05, 0.1) is 0 Å². The van der Waals surface area contributed by atoms with Crippen LogP contribution in [0.3, 0.4) is 0 Å². The van der Waals surface area contributed by atoms with Crippen molar-refractivity contribution in [3.8, 4) is 0 Å². The summed E-state index contributed by atoms with van der Waals surface area (Å²) in [5.74, 6) is 2.66. The van der Waals surface area contributed by atoms with E-state index in [2.05, 4.69) is 58.2 Å². The number of nitrogens with zero attached hydrogens (tertiary/aromatic N) is 1. The summed E-state index contributed by atoms with van der Waals surface area (Å²) in [7, 11) is 0. The highest BCUT2D eigenvalue weighted by molar-refractivity contribution is 8.00. The predicted octanol–water partition coefficient (Wildman–Crippen LogP) is 3.60. The Balaban J connectivity index is 2.93. The second kappa shape index (κ2) is 6.82. The van der Waals surface area contributed by atoms with Gasteiger partial charge in [-0.15, -0.1) is 0 Å². The number of rotatable bonds is 6. The fourth-order valence-electron chi connectivity index (χ4n) is 3.58. The van der Waals surface area contributed by atoms with Gasteiger partial charge in [-0.25, -0.2) is 0 Å². The van der Waals surface area contributed by atoms with Crippen molar-refractivity contribution in [2.24, 2.45) is 17.6 Å². The molecule has 1 saturated heterocycles. The third kappa shape index (κ3) is 4.95. The monoisotopic (exact) mass is 286 g/mol. The Bertz CT molecular complexity index is 264. The molecule has 0 aromatic heterocycles. The highest BCUT2D eigenvalue weighted by Gasteiger charge is 2.41. The van der Waals surface area contributed by atoms with E-state index in [0.717, 1.165) is 6.54 Å². The standard InChI is InChI=1S/C16H34N2S/c1-13(2)9-16(11-17,10-14(3)4)18-7-8-19-15(5,6)12-18/h13-14H,7-12,17H2,1-6H3. The molecule has 0 spiro atoms. The Morgan fingerprint density at radius 3 is 2.05 bits per heavy atom. The third-order valence-corrected chi connectivity index (χ3v) is 5.35. The van der Waals surface area contributed by atoms with Crippen LogP contribution in [-0.2, 0) is 0 Å². The van der Waals surface area contributed by atoms with Gasteiger partial charge < -0.3 is 5.73 Å². The van der Waals surface area contributed by atoms with Crippen LogP contribution in [0, 0.1) is 11.8 Å². The van der Waals surface area contributed by atoms with Crippen molar-refractivity contribution in [2.75, 3.05) is 25.4 Å². The molecular weight excluding hydrogens is 252 g/mol. The first kappa shape index (κ1) is 17.3. The quantitative estimate of drug-likeness (QED) is 0.809. The van der Waals surface area contributed by atoms with Crippen LogP contribution < -0.4 is 5.73 Å². The summed E-state index contributed by atoms with van der Waals surface area (Å²) in [6.07, 6.45) is 2.45. The number of hydrogen-bond acceptors (Lipinski definition) is 3. The Morgan fingerprint density at radius 2 is 1.68 bits per heavy atom. The minimum absolute atomic E-state index is 0.209. The maximum absolute atomic E-state index is 6.28. The lowest BCUT2D eigenvalue weighted by Crippen LogP contribution is -2.60. The molecule has 0 saturated carbocycles. The van der Waals surface area contributed by atoms with Crippen LogP contribution in [0.1, 0.15) is 54.4 Å². The van der Waals surface area contributed by atoms with Crippen molar-refractivity contribution in [3.05, 3.63) is 0 Å². The largest absolute Gasteiger partial charge is 0.329 e. The second-order valence-electron chi connectivity index (χ2n) is 7.65. The molecule has 0 aliphatic carbocycles. The fourth-order valence-corrected chi connectivity index (χ4v) is 4.69. The first-order valence-electron chi connectivity index (χ1n) is 7.80. The Labute approximate surface area is 124 Å². The molecule has 0 amide bonds. The summed E-state index contributed by atoms with van der Waals surface area (Å²) in [6, 6.07) is 0. The van der Waals surface area contributed by atoms with E-state index in [1.807, 2.05) is 0 Å². The SMILES string of the molecule is CC(C)CC(CN)(CC(C)C)N1CCSC(C)(C)C1. The van der Waals surface area contributed by atoms with E-state index in [4.69, 9.17) is 5.73 Å². The van der Waals surface area contributed by atoms with Gasteiger partial charge in [-0.3, -0.25) is 4.90 Å². The summed E-state index contributed by atoms with van der Waals surface area (Å²) in [5, 5.41) is 0. The molecule has 1 fully saturated rings. The lowest BCUT2D eigenvalue weighted by atomic mass is 9.79. The molecule has 1 heterocycles. The van der Waals surface area contributed by atoms with Crippen molar-refractivity contribution < 1.29 is 0 Å². The van der Waals surface area contributed by atoms with Gasteiger partial charge in [0, 0.05) is 35.7 Å². The van der Waals surface area contributed by atoms with Gasteiger partial charge in [0.25, 0.3) is 0 Å². The second-order valence-corrected chi connectivity index (χ2v) is 9.46. The summed E-state index contributed by atoms with van der Waals surface area (Å²) >= 11 is 2.11. The minimum Gasteiger partial charge on any atom is -0.329 e. The molecule has 0 atom stereocenters. The zero-order valence-corrected chi connectivity index (χ0v) is 14.6. The topological polar surface area (TPSA) is 29.3 Å². The maximum Gasteiger partial charge on any atom is 0.0337 e. The number of hydrogen-bond donors (Lipinski definition) is 1. The van der Waals surface area contributed by atoms with Crippen LogP contribution in [-0.4, -0.2) is 40.6 Å². The molecule has 2 nitrogen and oxygen atoms in total. The van der Waals surface area contributed by atoms with E-state index in [1.165, 1.54) is 31.7 Å². The summed E-state index contributed by atoms with van der Waals surface area (Å²) in [4.78, 5) is 2.71. The van der Waals surface area contributed by atoms with Crippen molar-refractivity contribution in [3.63, 3.8) is 0 Å². The molecule has 3 heteroatoms. The molecule has 0 aromatic rings. The molecule has 0 radical (unpaired) electrons. The van der Waals surface area contributed by atoms with Crippen LogP contribution >= 0.6 is 11.8 Å². The lowest BCUT2D eigenvalue weighted by molar-refractivity contribution is 0.0490. The molecular formula is C16H34N2S. The van der Waals surface area contributed by atoms with Crippen LogP contribution in [0.25, 0.3) is 0 Å². The molecule has 114 valence electrons. The zero-order valence-electron chi connectivity index (χ0n) is 13.8. The van der Waals surface area contributed by atoms with Crippen LogP contribution in [0.15, 0.2) is 0 Å². The Morgan fingerprint density at radius 1 is 1.16 bits per heavy atom. The summed E-state index contributed by atoms with van der Waals surface area (Å²) in [6.45, 7) is 17.2. The molecule has 0 unspecified atom stereocenters. The number of nitrogens with two attached hydrogens (primary N) is 1. The highest BCUT2D eigenvalue weighted by Crippen LogP contribution is 2.37. The first-order chi connectivity index (χ1) is 8.71. The lowest BCUT2D eigenvalue weighted by Gasteiger charge is -2.51. The highest BCUT2D eigenvalue weighted by atomic mass is 32.2. The smallest absolute Gasteiger partial charge is 0.0337 e. The van der Waals surface area contributed by atoms with Gasteiger partial charge >= 0.3 is 0 Å². The van der Waals surface area contributed by atoms with E-state index >= 15 is 0 Å². The zero-order chi connectivity index (χ0) is 14.7. The average molecular weight is 287 g/mol. The molecule has 1 aliphatic heterocycles. The molecule has 19 heavy (non-hydrogen) atoms. The summed E-state index contributed by atoms with van der Waals surface area (Å²) < 4.78 is 0.368. The van der Waals surface area contributed by atoms with E-state index in [0.29, 0.717) is 16.6 Å².